The number of thiazole rings is 1. The molecule has 0 radical (unpaired) electrons. The van der Waals surface area contributed by atoms with Gasteiger partial charge in [0.15, 0.2) is 11.7 Å². The number of para-hydroxylation sites is 1. The first-order chi connectivity index (χ1) is 13.0. The Labute approximate surface area is 181 Å². The third-order valence-electron chi connectivity index (χ3n) is 3.88. The molecule has 2 heterocycles. The quantitative estimate of drug-likeness (QED) is 0.300. The molecule has 5 nitrogen and oxygen atoms in total. The van der Waals surface area contributed by atoms with Crippen molar-refractivity contribution in [1.29, 1.82) is 0 Å². The standard InChI is InChI=1S/C18H18F3N5S.HI/c1-22-17(25-10-15-26-14(11-27-15)18(19,20)21)24-9-7-13-5-2-4-12-6-3-8-23-16(12)13;/h2-6,8,11H,7,9-10H2,1H3,(H2,22,24,25);1H. The minimum Gasteiger partial charge on any atom is -0.356 e. The number of aliphatic imine (C=N–C) groups is 1. The highest BCUT2D eigenvalue weighted by molar-refractivity contribution is 14.0. The van der Waals surface area contributed by atoms with Gasteiger partial charge in [-0.2, -0.15) is 13.2 Å². The molecular weight excluding hydrogens is 502 g/mol. The molecular formula is C18H19F3IN5S. The van der Waals surface area contributed by atoms with Gasteiger partial charge in [0.1, 0.15) is 5.01 Å². The van der Waals surface area contributed by atoms with Crippen molar-refractivity contribution in [3.05, 3.63) is 58.2 Å². The number of halogens is 4. The average molecular weight is 521 g/mol. The Balaban J connectivity index is 0.00000280. The topological polar surface area (TPSA) is 62.2 Å². The Bertz CT molecular complexity index is 937. The minimum atomic E-state index is -4.42. The lowest BCUT2D eigenvalue weighted by atomic mass is 10.1. The van der Waals surface area contributed by atoms with E-state index in [-0.39, 0.29) is 30.5 Å². The zero-order valence-corrected chi connectivity index (χ0v) is 18.1. The van der Waals surface area contributed by atoms with E-state index in [0.717, 1.165) is 39.6 Å². The third kappa shape index (κ3) is 5.77. The van der Waals surface area contributed by atoms with Crippen molar-refractivity contribution in [3.63, 3.8) is 0 Å². The largest absolute Gasteiger partial charge is 0.434 e. The molecule has 0 saturated carbocycles. The third-order valence-corrected chi connectivity index (χ3v) is 4.72. The lowest BCUT2D eigenvalue weighted by molar-refractivity contribution is -0.140. The van der Waals surface area contributed by atoms with E-state index in [9.17, 15) is 13.2 Å². The van der Waals surface area contributed by atoms with Gasteiger partial charge in [-0.3, -0.25) is 9.98 Å². The van der Waals surface area contributed by atoms with Crippen LogP contribution >= 0.6 is 35.3 Å². The number of guanidine groups is 1. The maximum absolute atomic E-state index is 12.6. The molecule has 150 valence electrons. The smallest absolute Gasteiger partial charge is 0.356 e. The molecule has 0 unspecified atom stereocenters. The van der Waals surface area contributed by atoms with Crippen LogP contribution in [0.3, 0.4) is 0 Å². The van der Waals surface area contributed by atoms with E-state index < -0.39 is 11.9 Å². The Hall–Kier alpha value is -1.95. The number of rotatable bonds is 5. The number of aromatic nitrogens is 2. The molecule has 10 heteroatoms. The molecule has 28 heavy (non-hydrogen) atoms. The fourth-order valence-corrected chi connectivity index (χ4v) is 3.33. The Kier molecular flexibility index (Phi) is 7.98. The van der Waals surface area contributed by atoms with Crippen molar-refractivity contribution in [2.24, 2.45) is 4.99 Å². The van der Waals surface area contributed by atoms with Crippen LogP contribution < -0.4 is 10.6 Å². The van der Waals surface area contributed by atoms with Crippen LogP contribution in [0.5, 0.6) is 0 Å². The second-order valence-corrected chi connectivity index (χ2v) is 6.66. The van der Waals surface area contributed by atoms with Crippen LogP contribution in [0.2, 0.25) is 0 Å². The summed E-state index contributed by atoms with van der Waals surface area (Å²) in [7, 11) is 1.61. The lowest BCUT2D eigenvalue weighted by Crippen LogP contribution is -2.37. The van der Waals surface area contributed by atoms with Gasteiger partial charge in [-0.25, -0.2) is 4.98 Å². The van der Waals surface area contributed by atoms with Crippen LogP contribution in [0.1, 0.15) is 16.3 Å². The summed E-state index contributed by atoms with van der Waals surface area (Å²) >= 11 is 0.966. The van der Waals surface area contributed by atoms with Gasteiger partial charge in [0, 0.05) is 30.6 Å². The number of alkyl halides is 3. The van der Waals surface area contributed by atoms with Gasteiger partial charge in [0.25, 0.3) is 0 Å². The summed E-state index contributed by atoms with van der Waals surface area (Å²) < 4.78 is 37.8. The highest BCUT2D eigenvalue weighted by Gasteiger charge is 2.33. The van der Waals surface area contributed by atoms with Gasteiger partial charge in [-0.1, -0.05) is 24.3 Å². The summed E-state index contributed by atoms with van der Waals surface area (Å²) in [5.41, 5.74) is 1.22. The monoisotopic (exact) mass is 521 g/mol. The van der Waals surface area contributed by atoms with E-state index in [2.05, 4.69) is 25.6 Å². The van der Waals surface area contributed by atoms with Crippen LogP contribution in [0.25, 0.3) is 10.9 Å². The summed E-state index contributed by atoms with van der Waals surface area (Å²) in [6.45, 7) is 0.789. The van der Waals surface area contributed by atoms with Crippen LogP contribution in [0.4, 0.5) is 13.2 Å². The molecule has 0 aliphatic carbocycles. The maximum atomic E-state index is 12.6. The predicted molar refractivity (Wildman–Crippen MR) is 116 cm³/mol. The minimum absolute atomic E-state index is 0. The van der Waals surface area contributed by atoms with Gasteiger partial charge in [0.2, 0.25) is 0 Å². The van der Waals surface area contributed by atoms with E-state index in [1.54, 1.807) is 13.2 Å². The molecule has 0 bridgehead atoms. The summed E-state index contributed by atoms with van der Waals surface area (Å²) in [5, 5.41) is 8.58. The normalized spacial score (nSPS) is 11.9. The number of hydrogen-bond donors (Lipinski definition) is 2. The zero-order chi connectivity index (χ0) is 19.3. The second kappa shape index (κ2) is 10.0. The molecule has 2 aromatic heterocycles. The van der Waals surface area contributed by atoms with E-state index >= 15 is 0 Å². The number of nitrogens with one attached hydrogen (secondary N) is 2. The van der Waals surface area contributed by atoms with Crippen molar-refractivity contribution >= 4 is 52.2 Å². The first-order valence-corrected chi connectivity index (χ1v) is 9.14. The number of hydrogen-bond acceptors (Lipinski definition) is 4. The molecule has 0 atom stereocenters. The van der Waals surface area contributed by atoms with E-state index in [4.69, 9.17) is 0 Å². The molecule has 0 aliphatic rings. The van der Waals surface area contributed by atoms with Crippen molar-refractivity contribution in [2.45, 2.75) is 19.1 Å². The first-order valence-electron chi connectivity index (χ1n) is 8.26. The maximum Gasteiger partial charge on any atom is 0.434 e. The summed E-state index contributed by atoms with van der Waals surface area (Å²) in [6.07, 6.45) is -1.91. The van der Waals surface area contributed by atoms with E-state index in [1.165, 1.54) is 0 Å². The zero-order valence-electron chi connectivity index (χ0n) is 15.0. The fourth-order valence-electron chi connectivity index (χ4n) is 2.59. The number of nitrogens with zero attached hydrogens (tertiary/aromatic N) is 3. The Morgan fingerprint density at radius 1 is 1.18 bits per heavy atom. The van der Waals surface area contributed by atoms with Gasteiger partial charge in [-0.05, 0) is 18.1 Å². The highest BCUT2D eigenvalue weighted by atomic mass is 127. The predicted octanol–water partition coefficient (Wildman–Crippen LogP) is 4.24. The van der Waals surface area contributed by atoms with E-state index in [1.807, 2.05) is 30.3 Å². The van der Waals surface area contributed by atoms with Crippen molar-refractivity contribution in [1.82, 2.24) is 20.6 Å². The lowest BCUT2D eigenvalue weighted by Gasteiger charge is -2.11. The highest BCUT2D eigenvalue weighted by Crippen LogP contribution is 2.29. The summed E-state index contributed by atoms with van der Waals surface area (Å²) in [5.74, 6) is 0.506. The van der Waals surface area contributed by atoms with Crippen LogP contribution in [-0.2, 0) is 19.1 Å². The molecule has 2 N–H and O–H groups in total. The second-order valence-electron chi connectivity index (χ2n) is 5.72. The first kappa shape index (κ1) is 22.3. The summed E-state index contributed by atoms with van der Waals surface area (Å²) in [6, 6.07) is 9.96. The number of benzene rings is 1. The average Bonchev–Trinajstić information content (AvgIpc) is 3.14. The van der Waals surface area contributed by atoms with Crippen LogP contribution in [-0.4, -0.2) is 29.5 Å². The fraction of sp³-hybridized carbons (Fsp3) is 0.278. The molecule has 3 aromatic rings. The molecule has 0 amide bonds. The Morgan fingerprint density at radius 3 is 2.68 bits per heavy atom. The summed E-state index contributed by atoms with van der Waals surface area (Å²) in [4.78, 5) is 12.1. The van der Waals surface area contributed by atoms with Gasteiger partial charge >= 0.3 is 6.18 Å². The van der Waals surface area contributed by atoms with E-state index in [0.29, 0.717) is 17.5 Å². The van der Waals surface area contributed by atoms with Crippen molar-refractivity contribution in [2.75, 3.05) is 13.6 Å². The molecule has 0 spiro atoms. The van der Waals surface area contributed by atoms with Gasteiger partial charge in [-0.15, -0.1) is 35.3 Å². The molecule has 0 aliphatic heterocycles. The molecule has 1 aromatic carbocycles. The van der Waals surface area contributed by atoms with Crippen molar-refractivity contribution in [3.8, 4) is 0 Å². The SMILES string of the molecule is CN=C(NCCc1cccc2cccnc12)NCc1nc(C(F)(F)F)cs1.I. The Morgan fingerprint density at radius 2 is 1.96 bits per heavy atom. The molecule has 0 saturated heterocycles. The van der Waals surface area contributed by atoms with Crippen LogP contribution in [0.15, 0.2) is 46.9 Å². The number of pyridine rings is 1. The van der Waals surface area contributed by atoms with Crippen molar-refractivity contribution < 1.29 is 13.2 Å². The van der Waals surface area contributed by atoms with Gasteiger partial charge in [0.05, 0.1) is 12.1 Å². The molecule has 0 fully saturated rings. The van der Waals surface area contributed by atoms with Crippen LogP contribution in [0, 0.1) is 0 Å². The van der Waals surface area contributed by atoms with Gasteiger partial charge < -0.3 is 10.6 Å². The molecule has 3 rings (SSSR count). The number of fused-ring (bicyclic) bond motifs is 1.